The Hall–Kier alpha value is -2.51. The molecule has 2 aromatic rings. The Morgan fingerprint density at radius 2 is 1.68 bits per heavy atom. The van der Waals surface area contributed by atoms with E-state index in [1.54, 1.807) is 48.5 Å². The molecule has 1 unspecified atom stereocenters. The second-order valence-electron chi connectivity index (χ2n) is 6.16. The number of hydrogen-bond donors (Lipinski definition) is 0. The van der Waals surface area contributed by atoms with Crippen LogP contribution in [0.3, 0.4) is 0 Å². The Morgan fingerprint density at radius 3 is 2.25 bits per heavy atom. The first-order chi connectivity index (χ1) is 13.4. The molecule has 2 aromatic carbocycles. The molecule has 1 aliphatic rings. The lowest BCUT2D eigenvalue weighted by Gasteiger charge is -2.27. The first-order valence-electron chi connectivity index (χ1n) is 8.72. The molecule has 0 saturated heterocycles. The summed E-state index contributed by atoms with van der Waals surface area (Å²) in [4.78, 5) is 14.3. The van der Waals surface area contributed by atoms with Gasteiger partial charge in [0.1, 0.15) is 11.5 Å². The fourth-order valence-electron chi connectivity index (χ4n) is 2.86. The van der Waals surface area contributed by atoms with Gasteiger partial charge in [0.05, 0.1) is 18.4 Å². The van der Waals surface area contributed by atoms with E-state index in [0.717, 1.165) is 5.41 Å². The molecule has 6 nitrogen and oxygen atoms in total. The number of sulfone groups is 1. The molecular formula is C20H20ClNO5S. The Balaban J connectivity index is 1.80. The normalized spacial score (nSPS) is 17.3. The molecular weight excluding hydrogens is 402 g/mol. The van der Waals surface area contributed by atoms with Crippen LogP contribution in [0.2, 0.25) is 5.02 Å². The molecule has 0 spiro atoms. The van der Waals surface area contributed by atoms with Crippen LogP contribution >= 0.6 is 11.6 Å². The van der Waals surface area contributed by atoms with Gasteiger partial charge in [-0.2, -0.15) is 0 Å². The summed E-state index contributed by atoms with van der Waals surface area (Å²) in [5, 5.41) is 1.71. The molecule has 0 bridgehead atoms. The van der Waals surface area contributed by atoms with Gasteiger partial charge in [-0.15, -0.1) is 0 Å². The number of nitrogens with zero attached hydrogens (tertiary/aromatic N) is 1. The van der Waals surface area contributed by atoms with Crippen molar-refractivity contribution in [2.75, 3.05) is 23.9 Å². The minimum absolute atomic E-state index is 0.160. The molecule has 1 amide bonds. The van der Waals surface area contributed by atoms with Crippen molar-refractivity contribution in [3.63, 3.8) is 0 Å². The van der Waals surface area contributed by atoms with Gasteiger partial charge in [-0.3, -0.25) is 4.79 Å². The van der Waals surface area contributed by atoms with Crippen LogP contribution in [-0.2, 0) is 14.6 Å². The van der Waals surface area contributed by atoms with Crippen LogP contribution in [0.25, 0.3) is 0 Å². The van der Waals surface area contributed by atoms with Crippen LogP contribution in [0.1, 0.15) is 6.92 Å². The number of rotatable bonds is 7. The second-order valence-corrected chi connectivity index (χ2v) is 8.53. The number of hydrogen-bond acceptors (Lipinski definition) is 5. The second kappa shape index (κ2) is 8.67. The van der Waals surface area contributed by atoms with E-state index in [-0.39, 0.29) is 18.3 Å². The number of anilines is 1. The molecule has 1 atom stereocenters. The number of halogens is 1. The number of benzene rings is 2. The number of carbonyl (C=O) groups excluding carboxylic acids is 1. The molecule has 28 heavy (non-hydrogen) atoms. The van der Waals surface area contributed by atoms with Gasteiger partial charge in [0.15, 0.2) is 16.4 Å². The average molecular weight is 422 g/mol. The van der Waals surface area contributed by atoms with Crippen molar-refractivity contribution in [2.45, 2.75) is 13.0 Å². The third-order valence-electron chi connectivity index (χ3n) is 4.11. The SMILES string of the molecule is CCOc1ccc(N(C(=O)COc2ccc(Cl)cc2)C2C=CS(=O)(=O)C2)cc1. The predicted molar refractivity (Wildman–Crippen MR) is 109 cm³/mol. The van der Waals surface area contributed by atoms with Crippen LogP contribution in [0.5, 0.6) is 11.5 Å². The first kappa shape index (κ1) is 20.2. The number of carbonyl (C=O) groups is 1. The number of ether oxygens (including phenoxy) is 2. The van der Waals surface area contributed by atoms with Crippen LogP contribution in [0, 0.1) is 0 Å². The van der Waals surface area contributed by atoms with Gasteiger partial charge in [0, 0.05) is 16.1 Å². The minimum atomic E-state index is -3.33. The standard InChI is InChI=1S/C20H20ClNO5S/c1-2-26-18-9-5-16(6-10-18)22(17-11-12-28(24,25)14-17)20(23)13-27-19-7-3-15(21)4-8-19/h3-12,17H,2,13-14H2,1H3. The molecule has 0 radical (unpaired) electrons. The Labute approximate surface area is 169 Å². The lowest BCUT2D eigenvalue weighted by Crippen LogP contribution is -2.43. The largest absolute Gasteiger partial charge is 0.494 e. The molecule has 0 aliphatic carbocycles. The Bertz CT molecular complexity index is 955. The van der Waals surface area contributed by atoms with Gasteiger partial charge in [-0.25, -0.2) is 8.42 Å². The maximum atomic E-state index is 12.9. The average Bonchev–Trinajstić information content (AvgIpc) is 3.02. The monoisotopic (exact) mass is 421 g/mol. The maximum absolute atomic E-state index is 12.9. The van der Waals surface area contributed by atoms with Gasteiger partial charge in [-0.1, -0.05) is 11.6 Å². The third kappa shape index (κ3) is 5.05. The molecule has 0 N–H and O–H groups in total. The Kier molecular flexibility index (Phi) is 6.26. The summed E-state index contributed by atoms with van der Waals surface area (Å²) in [7, 11) is -3.33. The smallest absolute Gasteiger partial charge is 0.265 e. The van der Waals surface area contributed by atoms with E-state index in [2.05, 4.69) is 0 Å². The predicted octanol–water partition coefficient (Wildman–Crippen LogP) is 3.46. The van der Waals surface area contributed by atoms with Crippen LogP contribution < -0.4 is 14.4 Å². The fraction of sp³-hybridized carbons (Fsp3) is 0.250. The van der Waals surface area contributed by atoms with E-state index >= 15 is 0 Å². The fourth-order valence-corrected chi connectivity index (χ4v) is 4.25. The van der Waals surface area contributed by atoms with Gasteiger partial charge in [-0.05, 0) is 61.5 Å². The summed E-state index contributed by atoms with van der Waals surface area (Å²) in [5.41, 5.74) is 0.569. The van der Waals surface area contributed by atoms with E-state index in [0.29, 0.717) is 28.8 Å². The highest BCUT2D eigenvalue weighted by Crippen LogP contribution is 2.26. The van der Waals surface area contributed by atoms with Gasteiger partial charge >= 0.3 is 0 Å². The number of amides is 1. The molecule has 1 heterocycles. The molecule has 3 rings (SSSR count). The third-order valence-corrected chi connectivity index (χ3v) is 5.74. The highest BCUT2D eigenvalue weighted by atomic mass is 35.5. The lowest BCUT2D eigenvalue weighted by molar-refractivity contribution is -0.120. The highest BCUT2D eigenvalue weighted by Gasteiger charge is 2.31. The van der Waals surface area contributed by atoms with Crippen molar-refractivity contribution >= 4 is 33.0 Å². The zero-order chi connectivity index (χ0) is 20.1. The molecule has 1 aliphatic heterocycles. The topological polar surface area (TPSA) is 72.9 Å². The minimum Gasteiger partial charge on any atom is -0.494 e. The van der Waals surface area contributed by atoms with E-state index in [9.17, 15) is 13.2 Å². The zero-order valence-electron chi connectivity index (χ0n) is 15.2. The van der Waals surface area contributed by atoms with Gasteiger partial charge in [0.25, 0.3) is 5.91 Å². The van der Waals surface area contributed by atoms with E-state index in [1.807, 2.05) is 6.92 Å². The summed E-state index contributed by atoms with van der Waals surface area (Å²) in [6.45, 7) is 2.17. The molecule has 0 fully saturated rings. The molecule has 0 aromatic heterocycles. The van der Waals surface area contributed by atoms with Crippen molar-refractivity contribution in [3.8, 4) is 11.5 Å². The van der Waals surface area contributed by atoms with Crippen LogP contribution in [-0.4, -0.2) is 39.3 Å². The van der Waals surface area contributed by atoms with Crippen molar-refractivity contribution in [3.05, 3.63) is 65.0 Å². The summed E-state index contributed by atoms with van der Waals surface area (Å²) in [5.74, 6) is 0.655. The maximum Gasteiger partial charge on any atom is 0.265 e. The van der Waals surface area contributed by atoms with E-state index in [4.69, 9.17) is 21.1 Å². The van der Waals surface area contributed by atoms with Crippen molar-refractivity contribution in [2.24, 2.45) is 0 Å². The summed E-state index contributed by atoms with van der Waals surface area (Å²) >= 11 is 5.85. The van der Waals surface area contributed by atoms with Crippen molar-refractivity contribution in [1.82, 2.24) is 0 Å². The summed E-state index contributed by atoms with van der Waals surface area (Å²) in [6, 6.07) is 13.0. The summed E-state index contributed by atoms with van der Waals surface area (Å²) < 4.78 is 34.7. The molecule has 0 saturated carbocycles. The van der Waals surface area contributed by atoms with E-state index < -0.39 is 15.9 Å². The molecule has 8 heteroatoms. The van der Waals surface area contributed by atoms with Gasteiger partial charge in [0.2, 0.25) is 0 Å². The van der Waals surface area contributed by atoms with Crippen LogP contribution in [0.15, 0.2) is 60.0 Å². The Morgan fingerprint density at radius 1 is 1.07 bits per heavy atom. The highest BCUT2D eigenvalue weighted by molar-refractivity contribution is 7.94. The van der Waals surface area contributed by atoms with Gasteiger partial charge < -0.3 is 14.4 Å². The molecule has 148 valence electrons. The zero-order valence-corrected chi connectivity index (χ0v) is 16.8. The summed E-state index contributed by atoms with van der Waals surface area (Å²) in [6.07, 6.45) is 1.52. The van der Waals surface area contributed by atoms with E-state index in [1.165, 1.54) is 11.0 Å². The first-order valence-corrected chi connectivity index (χ1v) is 10.8. The van der Waals surface area contributed by atoms with Crippen molar-refractivity contribution in [1.29, 1.82) is 0 Å². The lowest BCUT2D eigenvalue weighted by atomic mass is 10.2. The van der Waals surface area contributed by atoms with Crippen LogP contribution in [0.4, 0.5) is 5.69 Å². The van der Waals surface area contributed by atoms with Crippen molar-refractivity contribution < 1.29 is 22.7 Å². The quantitative estimate of drug-likeness (QED) is 0.684.